The summed E-state index contributed by atoms with van der Waals surface area (Å²) in [6.07, 6.45) is 1.30. The minimum absolute atomic E-state index is 0.0940. The van der Waals surface area contributed by atoms with Gasteiger partial charge in [0.2, 0.25) is 5.75 Å². The fourth-order valence-corrected chi connectivity index (χ4v) is 2.78. The number of hydrogen-bond acceptors (Lipinski definition) is 10. The second-order valence-electron chi connectivity index (χ2n) is 6.68. The van der Waals surface area contributed by atoms with Gasteiger partial charge in [-0.05, 0) is 42.0 Å². The number of nitrogens with zero attached hydrogens (tertiary/aromatic N) is 4. The monoisotopic (exact) mass is 481 g/mol. The zero-order valence-electron chi connectivity index (χ0n) is 17.8. The van der Waals surface area contributed by atoms with E-state index in [1.54, 1.807) is 0 Å². The standard InChI is InChI=1S/C21H15N5O9/c1-34-20-10-13(12-22-23-21(27)14-3-5-15(6-4-14)24(28)29)2-8-19(20)35-18-9-7-16(25(30)31)11-17(18)26(32)33/h2-12H,1H3,(H,23,27)/b22-12-. The molecular weight excluding hydrogens is 466 g/mol. The summed E-state index contributed by atoms with van der Waals surface area (Å²) in [6, 6.07) is 12.4. The molecule has 0 saturated heterocycles. The smallest absolute Gasteiger partial charge is 0.318 e. The highest BCUT2D eigenvalue weighted by Gasteiger charge is 2.22. The first-order valence-corrected chi connectivity index (χ1v) is 9.56. The molecule has 3 aromatic rings. The lowest BCUT2D eigenvalue weighted by atomic mass is 10.2. The van der Waals surface area contributed by atoms with Crippen molar-refractivity contribution in [2.45, 2.75) is 0 Å². The molecule has 0 radical (unpaired) electrons. The van der Waals surface area contributed by atoms with Crippen molar-refractivity contribution in [2.75, 3.05) is 7.11 Å². The molecule has 0 aromatic heterocycles. The van der Waals surface area contributed by atoms with Crippen molar-refractivity contribution in [3.63, 3.8) is 0 Å². The topological polar surface area (TPSA) is 189 Å². The fraction of sp³-hybridized carbons (Fsp3) is 0.0476. The number of carbonyl (C=O) groups is 1. The summed E-state index contributed by atoms with van der Waals surface area (Å²) in [7, 11) is 1.34. The number of ether oxygens (including phenoxy) is 2. The van der Waals surface area contributed by atoms with Gasteiger partial charge < -0.3 is 9.47 Å². The third-order valence-electron chi connectivity index (χ3n) is 4.48. The Bertz CT molecular complexity index is 1340. The molecule has 0 saturated carbocycles. The Labute approximate surface area is 195 Å². The van der Waals surface area contributed by atoms with Gasteiger partial charge in [-0.15, -0.1) is 0 Å². The Morgan fingerprint density at radius 1 is 0.829 bits per heavy atom. The third-order valence-corrected chi connectivity index (χ3v) is 4.48. The first-order valence-electron chi connectivity index (χ1n) is 9.56. The Balaban J connectivity index is 1.74. The summed E-state index contributed by atoms with van der Waals surface area (Å²) in [5.41, 5.74) is 1.70. The number of methoxy groups -OCH3 is 1. The van der Waals surface area contributed by atoms with Crippen molar-refractivity contribution in [3.05, 3.63) is 102 Å². The number of benzene rings is 3. The van der Waals surface area contributed by atoms with Crippen LogP contribution >= 0.6 is 0 Å². The van der Waals surface area contributed by atoms with E-state index in [4.69, 9.17) is 9.47 Å². The molecule has 0 aliphatic carbocycles. The van der Waals surface area contributed by atoms with Gasteiger partial charge in [-0.3, -0.25) is 35.1 Å². The van der Waals surface area contributed by atoms with Gasteiger partial charge in [-0.1, -0.05) is 0 Å². The normalized spacial score (nSPS) is 10.5. The molecule has 3 rings (SSSR count). The van der Waals surface area contributed by atoms with Crippen molar-refractivity contribution in [2.24, 2.45) is 5.10 Å². The van der Waals surface area contributed by atoms with Crippen molar-refractivity contribution in [1.29, 1.82) is 0 Å². The maximum atomic E-state index is 12.1. The summed E-state index contributed by atoms with van der Waals surface area (Å²) < 4.78 is 10.8. The minimum atomic E-state index is -0.802. The fourth-order valence-electron chi connectivity index (χ4n) is 2.78. The van der Waals surface area contributed by atoms with Gasteiger partial charge in [-0.2, -0.15) is 5.10 Å². The third kappa shape index (κ3) is 5.89. The molecule has 0 unspecified atom stereocenters. The molecule has 0 fully saturated rings. The predicted molar refractivity (Wildman–Crippen MR) is 121 cm³/mol. The molecule has 14 nitrogen and oxygen atoms in total. The lowest BCUT2D eigenvalue weighted by Crippen LogP contribution is -2.17. The minimum Gasteiger partial charge on any atom is -0.493 e. The number of carbonyl (C=O) groups excluding carboxylic acids is 1. The van der Waals surface area contributed by atoms with Gasteiger partial charge in [0.25, 0.3) is 17.3 Å². The molecule has 0 aliphatic heterocycles. The van der Waals surface area contributed by atoms with Crippen LogP contribution in [-0.2, 0) is 0 Å². The Hall–Kier alpha value is -5.40. The average molecular weight is 481 g/mol. The highest BCUT2D eigenvalue weighted by molar-refractivity contribution is 5.95. The van der Waals surface area contributed by atoms with Crippen LogP contribution < -0.4 is 14.9 Å². The number of rotatable bonds is 9. The van der Waals surface area contributed by atoms with Gasteiger partial charge in [0.05, 0.1) is 34.2 Å². The van der Waals surface area contributed by atoms with E-state index in [1.807, 2.05) is 0 Å². The van der Waals surface area contributed by atoms with Crippen molar-refractivity contribution >= 4 is 29.2 Å². The van der Waals surface area contributed by atoms with Crippen molar-refractivity contribution in [1.82, 2.24) is 5.43 Å². The Kier molecular flexibility index (Phi) is 7.26. The van der Waals surface area contributed by atoms with Crippen molar-refractivity contribution in [3.8, 4) is 17.2 Å². The number of hydrogen-bond donors (Lipinski definition) is 1. The number of nitrogens with one attached hydrogen (secondary N) is 1. The maximum Gasteiger partial charge on any atom is 0.318 e. The molecule has 0 bridgehead atoms. The lowest BCUT2D eigenvalue weighted by molar-refractivity contribution is -0.394. The number of hydrazone groups is 1. The summed E-state index contributed by atoms with van der Waals surface area (Å²) in [6.45, 7) is 0. The van der Waals surface area contributed by atoms with Crippen LogP contribution in [-0.4, -0.2) is 34.0 Å². The number of amides is 1. The molecule has 0 heterocycles. The van der Waals surface area contributed by atoms with Gasteiger partial charge in [-0.25, -0.2) is 5.43 Å². The second kappa shape index (κ2) is 10.5. The molecule has 14 heteroatoms. The van der Waals surface area contributed by atoms with Crippen LogP contribution in [0.1, 0.15) is 15.9 Å². The summed E-state index contributed by atoms with van der Waals surface area (Å²) in [4.78, 5) is 42.8. The zero-order chi connectivity index (χ0) is 25.5. The van der Waals surface area contributed by atoms with E-state index in [-0.39, 0.29) is 28.5 Å². The van der Waals surface area contributed by atoms with Crippen LogP contribution in [0.4, 0.5) is 17.1 Å². The molecule has 178 valence electrons. The van der Waals surface area contributed by atoms with E-state index >= 15 is 0 Å². The summed E-state index contributed by atoms with van der Waals surface area (Å²) in [5.74, 6) is -0.552. The van der Waals surface area contributed by atoms with E-state index in [0.29, 0.717) is 5.56 Å². The largest absolute Gasteiger partial charge is 0.493 e. The molecule has 3 aromatic carbocycles. The van der Waals surface area contributed by atoms with E-state index in [0.717, 1.165) is 18.2 Å². The van der Waals surface area contributed by atoms with E-state index in [1.165, 1.54) is 55.8 Å². The van der Waals surface area contributed by atoms with Crippen LogP contribution in [0.5, 0.6) is 17.2 Å². The van der Waals surface area contributed by atoms with Gasteiger partial charge in [0.1, 0.15) is 0 Å². The lowest BCUT2D eigenvalue weighted by Gasteiger charge is -2.11. The van der Waals surface area contributed by atoms with Crippen molar-refractivity contribution < 1.29 is 29.0 Å². The van der Waals surface area contributed by atoms with Gasteiger partial charge in [0.15, 0.2) is 11.5 Å². The SMILES string of the molecule is COc1cc(/C=N\NC(=O)c2ccc([N+](=O)[O-])cc2)ccc1Oc1ccc([N+](=O)[O-])cc1[N+](=O)[O-]. The van der Waals surface area contributed by atoms with Crippen LogP contribution in [0, 0.1) is 30.3 Å². The number of nitro benzene ring substituents is 3. The van der Waals surface area contributed by atoms with Crippen LogP contribution in [0.25, 0.3) is 0 Å². The quantitative estimate of drug-likeness (QED) is 0.268. The number of nitro groups is 3. The second-order valence-corrected chi connectivity index (χ2v) is 6.68. The predicted octanol–water partition coefficient (Wildman–Crippen LogP) is 3.98. The van der Waals surface area contributed by atoms with Gasteiger partial charge in [0, 0.05) is 23.8 Å². The molecule has 1 amide bonds. The molecule has 0 aliphatic rings. The molecular formula is C21H15N5O9. The van der Waals surface area contributed by atoms with Crippen LogP contribution in [0.15, 0.2) is 65.8 Å². The first kappa shape index (κ1) is 24.2. The maximum absolute atomic E-state index is 12.1. The average Bonchev–Trinajstić information content (AvgIpc) is 2.84. The molecule has 1 N–H and O–H groups in total. The first-order chi connectivity index (χ1) is 16.7. The van der Waals surface area contributed by atoms with Gasteiger partial charge >= 0.3 is 5.69 Å². The number of non-ortho nitro benzene ring substituents is 2. The zero-order valence-corrected chi connectivity index (χ0v) is 17.8. The highest BCUT2D eigenvalue weighted by Crippen LogP contribution is 2.38. The Morgan fingerprint density at radius 3 is 2.06 bits per heavy atom. The van der Waals surface area contributed by atoms with Crippen LogP contribution in [0.3, 0.4) is 0 Å². The van der Waals surface area contributed by atoms with E-state index in [9.17, 15) is 35.1 Å². The molecule has 0 spiro atoms. The van der Waals surface area contributed by atoms with Crippen LogP contribution in [0.2, 0.25) is 0 Å². The molecule has 35 heavy (non-hydrogen) atoms. The molecule has 0 atom stereocenters. The summed E-state index contributed by atoms with van der Waals surface area (Å²) >= 11 is 0. The van der Waals surface area contributed by atoms with E-state index < -0.39 is 32.1 Å². The summed E-state index contributed by atoms with van der Waals surface area (Å²) in [5, 5.41) is 36.7. The Morgan fingerprint density at radius 2 is 1.46 bits per heavy atom. The van der Waals surface area contributed by atoms with E-state index in [2.05, 4.69) is 10.5 Å². The highest BCUT2D eigenvalue weighted by atomic mass is 16.6.